The molecule has 1 heterocycles. The monoisotopic (exact) mass is 209 g/mol. The molecule has 16 heavy (non-hydrogen) atoms. The van der Waals surface area contributed by atoms with Gasteiger partial charge >= 0.3 is 0 Å². The van der Waals surface area contributed by atoms with Crippen molar-refractivity contribution < 1.29 is 0 Å². The summed E-state index contributed by atoms with van der Waals surface area (Å²) in [6.45, 7) is 7.90. The minimum absolute atomic E-state index is 0.955. The van der Waals surface area contributed by atoms with Crippen LogP contribution in [0.4, 0.5) is 0 Å². The molecule has 80 valence electrons. The number of pyridine rings is 1. The van der Waals surface area contributed by atoms with Gasteiger partial charge in [0.25, 0.3) is 0 Å². The molecule has 1 nitrogen and oxygen atoms in total. The zero-order valence-corrected chi connectivity index (χ0v) is 9.70. The van der Waals surface area contributed by atoms with Crippen LogP contribution in [0.3, 0.4) is 0 Å². The minimum atomic E-state index is 0.955. The Balaban J connectivity index is 2.49. The predicted octanol–water partition coefficient (Wildman–Crippen LogP) is 4.01. The normalized spacial score (nSPS) is 10.1. The lowest BCUT2D eigenvalue weighted by molar-refractivity contribution is 1.24. The lowest BCUT2D eigenvalue weighted by Crippen LogP contribution is -1.88. The summed E-state index contributed by atoms with van der Waals surface area (Å²) in [7, 11) is 0. The molecule has 0 radical (unpaired) electrons. The highest BCUT2D eigenvalue weighted by molar-refractivity contribution is 5.65. The van der Waals surface area contributed by atoms with Gasteiger partial charge in [0.05, 0.1) is 5.69 Å². The Morgan fingerprint density at radius 1 is 1.12 bits per heavy atom. The Morgan fingerprint density at radius 2 is 1.94 bits per heavy atom. The number of hydrogen-bond donors (Lipinski definition) is 0. The second-order valence-electron chi connectivity index (χ2n) is 4.00. The highest BCUT2D eigenvalue weighted by Crippen LogP contribution is 2.21. The Bertz CT molecular complexity index is 527. The maximum Gasteiger partial charge on any atom is 0.0653 e. The van der Waals surface area contributed by atoms with Crippen LogP contribution in [0.25, 0.3) is 17.2 Å². The van der Waals surface area contributed by atoms with Crippen molar-refractivity contribution in [1.82, 2.24) is 4.98 Å². The van der Waals surface area contributed by atoms with Crippen molar-refractivity contribution in [2.75, 3.05) is 0 Å². The number of hydrogen-bond acceptors (Lipinski definition) is 1. The molecule has 0 unspecified atom stereocenters. The van der Waals surface area contributed by atoms with Crippen molar-refractivity contribution in [3.05, 3.63) is 59.9 Å². The average Bonchev–Trinajstić information content (AvgIpc) is 2.29. The van der Waals surface area contributed by atoms with Crippen LogP contribution in [0.1, 0.15) is 16.8 Å². The van der Waals surface area contributed by atoms with Crippen LogP contribution in [0.2, 0.25) is 0 Å². The van der Waals surface area contributed by atoms with E-state index in [1.165, 1.54) is 11.1 Å². The molecule has 0 amide bonds. The van der Waals surface area contributed by atoms with Gasteiger partial charge in [-0.1, -0.05) is 36.4 Å². The summed E-state index contributed by atoms with van der Waals surface area (Å²) in [4.78, 5) is 4.38. The smallest absolute Gasteiger partial charge is 0.0653 e. The maximum atomic E-state index is 4.38. The third-order valence-electron chi connectivity index (χ3n) is 2.66. The molecular weight excluding hydrogens is 194 g/mol. The molecule has 1 heteroatoms. The molecular formula is C15H15N. The molecule has 0 aliphatic heterocycles. The molecule has 0 bridgehead atoms. The molecule has 2 rings (SSSR count). The SMILES string of the molecule is C=Cc1ncc(-c2cccc(C)c2)cc1C. The second kappa shape index (κ2) is 4.31. The Hall–Kier alpha value is -1.89. The van der Waals surface area contributed by atoms with Crippen molar-refractivity contribution in [3.8, 4) is 11.1 Å². The van der Waals surface area contributed by atoms with E-state index in [0.717, 1.165) is 16.8 Å². The molecule has 1 aromatic heterocycles. The third kappa shape index (κ3) is 2.03. The second-order valence-corrected chi connectivity index (χ2v) is 4.00. The summed E-state index contributed by atoms with van der Waals surface area (Å²) < 4.78 is 0. The van der Waals surface area contributed by atoms with Gasteiger partial charge in [-0.05, 0) is 37.1 Å². The summed E-state index contributed by atoms with van der Waals surface area (Å²) in [5, 5.41) is 0. The van der Waals surface area contributed by atoms with Crippen LogP contribution in [0.5, 0.6) is 0 Å². The Kier molecular flexibility index (Phi) is 2.86. The van der Waals surface area contributed by atoms with E-state index in [4.69, 9.17) is 0 Å². The van der Waals surface area contributed by atoms with Crippen LogP contribution >= 0.6 is 0 Å². The van der Waals surface area contributed by atoms with Gasteiger partial charge in [0.1, 0.15) is 0 Å². The summed E-state index contributed by atoms with van der Waals surface area (Å²) in [6.07, 6.45) is 3.69. The van der Waals surface area contributed by atoms with Gasteiger partial charge in [-0.15, -0.1) is 0 Å². The van der Waals surface area contributed by atoms with Crippen LogP contribution in [-0.4, -0.2) is 4.98 Å². The third-order valence-corrected chi connectivity index (χ3v) is 2.66. The highest BCUT2D eigenvalue weighted by atomic mass is 14.7. The lowest BCUT2D eigenvalue weighted by atomic mass is 10.0. The van der Waals surface area contributed by atoms with Crippen molar-refractivity contribution in [1.29, 1.82) is 0 Å². The fourth-order valence-corrected chi connectivity index (χ4v) is 1.78. The van der Waals surface area contributed by atoms with E-state index in [9.17, 15) is 0 Å². The summed E-state index contributed by atoms with van der Waals surface area (Å²) in [6, 6.07) is 10.6. The largest absolute Gasteiger partial charge is 0.256 e. The molecule has 0 spiro atoms. The van der Waals surface area contributed by atoms with E-state index < -0.39 is 0 Å². The number of benzene rings is 1. The highest BCUT2D eigenvalue weighted by Gasteiger charge is 2.01. The van der Waals surface area contributed by atoms with Gasteiger partial charge in [0, 0.05) is 11.8 Å². The van der Waals surface area contributed by atoms with Gasteiger partial charge in [-0.3, -0.25) is 4.98 Å². The molecule has 0 saturated heterocycles. The van der Waals surface area contributed by atoms with Gasteiger partial charge in [-0.25, -0.2) is 0 Å². The molecule has 0 saturated carbocycles. The summed E-state index contributed by atoms with van der Waals surface area (Å²) in [5.74, 6) is 0. The quantitative estimate of drug-likeness (QED) is 0.728. The van der Waals surface area contributed by atoms with Gasteiger partial charge in [-0.2, -0.15) is 0 Å². The van der Waals surface area contributed by atoms with Crippen LogP contribution in [0.15, 0.2) is 43.1 Å². The number of rotatable bonds is 2. The molecule has 2 aromatic rings. The number of aromatic nitrogens is 1. The first-order valence-electron chi connectivity index (χ1n) is 5.37. The maximum absolute atomic E-state index is 4.38. The average molecular weight is 209 g/mol. The molecule has 0 aliphatic rings. The predicted molar refractivity (Wildman–Crippen MR) is 69.2 cm³/mol. The van der Waals surface area contributed by atoms with E-state index in [0.29, 0.717) is 0 Å². The fraction of sp³-hybridized carbons (Fsp3) is 0.133. The summed E-state index contributed by atoms with van der Waals surface area (Å²) in [5.41, 5.74) is 5.76. The topological polar surface area (TPSA) is 12.9 Å². The molecule has 0 atom stereocenters. The lowest BCUT2D eigenvalue weighted by Gasteiger charge is -2.05. The van der Waals surface area contributed by atoms with E-state index in [1.54, 1.807) is 6.08 Å². The number of aryl methyl sites for hydroxylation is 2. The van der Waals surface area contributed by atoms with Crippen LogP contribution in [-0.2, 0) is 0 Å². The molecule has 1 aromatic carbocycles. The van der Waals surface area contributed by atoms with Crippen molar-refractivity contribution in [3.63, 3.8) is 0 Å². The Labute approximate surface area is 96.5 Å². The fourth-order valence-electron chi connectivity index (χ4n) is 1.78. The van der Waals surface area contributed by atoms with Crippen molar-refractivity contribution >= 4 is 6.08 Å². The first kappa shape index (κ1) is 10.6. The minimum Gasteiger partial charge on any atom is -0.256 e. The standard InChI is InChI=1S/C15H15N/c1-4-15-12(3)9-14(10-16-15)13-7-5-6-11(2)8-13/h4-10H,1H2,2-3H3. The van der Waals surface area contributed by atoms with E-state index in [2.05, 4.69) is 55.7 Å². The van der Waals surface area contributed by atoms with E-state index in [-0.39, 0.29) is 0 Å². The zero-order chi connectivity index (χ0) is 11.5. The molecule has 0 fully saturated rings. The van der Waals surface area contributed by atoms with E-state index in [1.807, 2.05) is 6.20 Å². The van der Waals surface area contributed by atoms with Crippen molar-refractivity contribution in [2.45, 2.75) is 13.8 Å². The first-order valence-corrected chi connectivity index (χ1v) is 5.37. The van der Waals surface area contributed by atoms with Gasteiger partial charge in [0.2, 0.25) is 0 Å². The molecule has 0 aliphatic carbocycles. The molecule has 0 N–H and O–H groups in total. The van der Waals surface area contributed by atoms with Crippen LogP contribution in [0, 0.1) is 13.8 Å². The van der Waals surface area contributed by atoms with Crippen LogP contribution < -0.4 is 0 Å². The zero-order valence-electron chi connectivity index (χ0n) is 9.70. The van der Waals surface area contributed by atoms with E-state index >= 15 is 0 Å². The number of nitrogens with zero attached hydrogens (tertiary/aromatic N) is 1. The first-order chi connectivity index (χ1) is 7.70. The Morgan fingerprint density at radius 3 is 2.56 bits per heavy atom. The van der Waals surface area contributed by atoms with Gasteiger partial charge in [0.15, 0.2) is 0 Å². The van der Waals surface area contributed by atoms with Gasteiger partial charge < -0.3 is 0 Å². The van der Waals surface area contributed by atoms with Crippen molar-refractivity contribution in [2.24, 2.45) is 0 Å². The summed E-state index contributed by atoms with van der Waals surface area (Å²) >= 11 is 0.